The summed E-state index contributed by atoms with van der Waals surface area (Å²) >= 11 is 0. The molecule has 0 saturated heterocycles. The zero-order chi connectivity index (χ0) is 12.1. The number of benzene rings is 2. The second-order valence-corrected chi connectivity index (χ2v) is 3.97. The summed E-state index contributed by atoms with van der Waals surface area (Å²) in [6.07, 6.45) is 2.18. The van der Waals surface area contributed by atoms with Crippen LogP contribution in [0.15, 0.2) is 54.6 Å². The summed E-state index contributed by atoms with van der Waals surface area (Å²) in [5, 5.41) is 0. The monoisotopic (exact) mass is 224 g/mol. The molecule has 0 aliphatic heterocycles. The Labute approximate surface area is 102 Å². The average Bonchev–Trinajstić information content (AvgIpc) is 2.40. The predicted molar refractivity (Wildman–Crippen MR) is 73.0 cm³/mol. The Bertz CT molecular complexity index is 495. The standard InChI is InChI=1S/C16H16O/c1-13(15-6-4-3-5-7-15)12-14-8-10-16(17-2)11-9-14/h3-12H,1-2H3/b13-12+. The van der Waals surface area contributed by atoms with Crippen LogP contribution >= 0.6 is 0 Å². The number of hydrogen-bond acceptors (Lipinski definition) is 1. The molecule has 1 heteroatoms. The van der Waals surface area contributed by atoms with E-state index in [2.05, 4.69) is 49.4 Å². The van der Waals surface area contributed by atoms with Crippen molar-refractivity contribution >= 4 is 11.6 Å². The number of ether oxygens (including phenoxy) is 1. The number of methoxy groups -OCH3 is 1. The first kappa shape index (κ1) is 11.5. The molecule has 0 saturated carbocycles. The van der Waals surface area contributed by atoms with Crippen LogP contribution in [0.4, 0.5) is 0 Å². The fraction of sp³-hybridized carbons (Fsp3) is 0.125. The van der Waals surface area contributed by atoms with Crippen molar-refractivity contribution in [2.45, 2.75) is 6.92 Å². The first-order valence-electron chi connectivity index (χ1n) is 5.67. The lowest BCUT2D eigenvalue weighted by Gasteiger charge is -2.03. The first-order valence-corrected chi connectivity index (χ1v) is 5.67. The van der Waals surface area contributed by atoms with Crippen molar-refractivity contribution in [1.82, 2.24) is 0 Å². The van der Waals surface area contributed by atoms with E-state index in [4.69, 9.17) is 4.74 Å². The topological polar surface area (TPSA) is 9.23 Å². The Kier molecular flexibility index (Phi) is 3.61. The van der Waals surface area contributed by atoms with Gasteiger partial charge in [-0.3, -0.25) is 0 Å². The first-order chi connectivity index (χ1) is 8.29. The molecule has 86 valence electrons. The Hall–Kier alpha value is -2.02. The summed E-state index contributed by atoms with van der Waals surface area (Å²) < 4.78 is 5.14. The minimum absolute atomic E-state index is 0.888. The molecular weight excluding hydrogens is 208 g/mol. The van der Waals surface area contributed by atoms with E-state index >= 15 is 0 Å². The molecule has 2 aromatic carbocycles. The second-order valence-electron chi connectivity index (χ2n) is 3.97. The van der Waals surface area contributed by atoms with Gasteiger partial charge in [-0.05, 0) is 35.8 Å². The lowest BCUT2D eigenvalue weighted by Crippen LogP contribution is -1.82. The van der Waals surface area contributed by atoms with Crippen LogP contribution in [0.1, 0.15) is 18.1 Å². The quantitative estimate of drug-likeness (QED) is 0.708. The fourth-order valence-electron chi connectivity index (χ4n) is 1.73. The maximum atomic E-state index is 5.14. The molecule has 0 aliphatic carbocycles. The Morgan fingerprint density at radius 1 is 0.941 bits per heavy atom. The lowest BCUT2D eigenvalue weighted by molar-refractivity contribution is 0.415. The third-order valence-electron chi connectivity index (χ3n) is 2.73. The molecule has 0 N–H and O–H groups in total. The number of allylic oxidation sites excluding steroid dienone is 1. The van der Waals surface area contributed by atoms with Crippen LogP contribution in [-0.4, -0.2) is 7.11 Å². The van der Waals surface area contributed by atoms with Gasteiger partial charge in [0.15, 0.2) is 0 Å². The number of hydrogen-bond donors (Lipinski definition) is 0. The summed E-state index contributed by atoms with van der Waals surface area (Å²) in [6, 6.07) is 18.5. The maximum Gasteiger partial charge on any atom is 0.118 e. The summed E-state index contributed by atoms with van der Waals surface area (Å²) in [4.78, 5) is 0. The van der Waals surface area contributed by atoms with E-state index in [9.17, 15) is 0 Å². The Morgan fingerprint density at radius 2 is 1.59 bits per heavy atom. The van der Waals surface area contributed by atoms with E-state index in [1.165, 1.54) is 16.7 Å². The predicted octanol–water partition coefficient (Wildman–Crippen LogP) is 4.26. The van der Waals surface area contributed by atoms with Gasteiger partial charge in [0.1, 0.15) is 5.75 Å². The van der Waals surface area contributed by atoms with Crippen LogP contribution in [0.5, 0.6) is 5.75 Å². The molecule has 0 spiro atoms. The summed E-state index contributed by atoms with van der Waals surface area (Å²) in [5.41, 5.74) is 3.70. The fourth-order valence-corrected chi connectivity index (χ4v) is 1.73. The van der Waals surface area contributed by atoms with E-state index < -0.39 is 0 Å². The molecule has 0 bridgehead atoms. The van der Waals surface area contributed by atoms with Crippen molar-refractivity contribution in [3.05, 3.63) is 65.7 Å². The normalized spacial score (nSPS) is 11.3. The average molecular weight is 224 g/mol. The third-order valence-corrected chi connectivity index (χ3v) is 2.73. The van der Waals surface area contributed by atoms with Gasteiger partial charge < -0.3 is 4.74 Å². The van der Waals surface area contributed by atoms with Crippen molar-refractivity contribution in [2.75, 3.05) is 7.11 Å². The van der Waals surface area contributed by atoms with Crippen molar-refractivity contribution in [3.63, 3.8) is 0 Å². The largest absolute Gasteiger partial charge is 0.497 e. The second kappa shape index (κ2) is 5.35. The third kappa shape index (κ3) is 2.97. The SMILES string of the molecule is COc1ccc(/C=C(\C)c2ccccc2)cc1. The Morgan fingerprint density at radius 3 is 2.18 bits per heavy atom. The molecule has 2 aromatic rings. The van der Waals surface area contributed by atoms with Gasteiger partial charge in [-0.1, -0.05) is 48.5 Å². The van der Waals surface area contributed by atoms with Gasteiger partial charge in [-0.15, -0.1) is 0 Å². The van der Waals surface area contributed by atoms with Gasteiger partial charge in [-0.2, -0.15) is 0 Å². The molecule has 17 heavy (non-hydrogen) atoms. The molecule has 0 aliphatic rings. The minimum Gasteiger partial charge on any atom is -0.497 e. The molecule has 0 fully saturated rings. The lowest BCUT2D eigenvalue weighted by atomic mass is 10.0. The van der Waals surface area contributed by atoms with Crippen molar-refractivity contribution < 1.29 is 4.74 Å². The Balaban J connectivity index is 2.23. The molecule has 0 heterocycles. The summed E-state index contributed by atoms with van der Waals surface area (Å²) in [7, 11) is 1.68. The molecule has 0 unspecified atom stereocenters. The van der Waals surface area contributed by atoms with Gasteiger partial charge in [-0.25, -0.2) is 0 Å². The summed E-state index contributed by atoms with van der Waals surface area (Å²) in [6.45, 7) is 2.12. The highest BCUT2D eigenvalue weighted by Crippen LogP contribution is 2.19. The van der Waals surface area contributed by atoms with Crippen LogP contribution in [-0.2, 0) is 0 Å². The van der Waals surface area contributed by atoms with E-state index in [-0.39, 0.29) is 0 Å². The van der Waals surface area contributed by atoms with E-state index in [1.807, 2.05) is 18.2 Å². The van der Waals surface area contributed by atoms with E-state index in [0.717, 1.165) is 5.75 Å². The van der Waals surface area contributed by atoms with Crippen LogP contribution in [0.2, 0.25) is 0 Å². The zero-order valence-corrected chi connectivity index (χ0v) is 10.2. The molecule has 1 nitrogen and oxygen atoms in total. The van der Waals surface area contributed by atoms with Crippen LogP contribution in [0, 0.1) is 0 Å². The zero-order valence-electron chi connectivity index (χ0n) is 10.2. The van der Waals surface area contributed by atoms with Gasteiger partial charge >= 0.3 is 0 Å². The van der Waals surface area contributed by atoms with Gasteiger partial charge in [0.25, 0.3) is 0 Å². The van der Waals surface area contributed by atoms with E-state index in [0.29, 0.717) is 0 Å². The molecule has 0 aromatic heterocycles. The molecular formula is C16H16O. The molecule has 0 amide bonds. The van der Waals surface area contributed by atoms with Crippen LogP contribution < -0.4 is 4.74 Å². The summed E-state index contributed by atoms with van der Waals surface area (Å²) in [5.74, 6) is 0.888. The van der Waals surface area contributed by atoms with Crippen molar-refractivity contribution in [3.8, 4) is 5.75 Å². The van der Waals surface area contributed by atoms with Gasteiger partial charge in [0, 0.05) is 0 Å². The van der Waals surface area contributed by atoms with Crippen molar-refractivity contribution in [2.24, 2.45) is 0 Å². The van der Waals surface area contributed by atoms with Crippen LogP contribution in [0.25, 0.3) is 11.6 Å². The van der Waals surface area contributed by atoms with Gasteiger partial charge in [0.05, 0.1) is 7.11 Å². The smallest absolute Gasteiger partial charge is 0.118 e. The van der Waals surface area contributed by atoms with Gasteiger partial charge in [0.2, 0.25) is 0 Å². The highest BCUT2D eigenvalue weighted by Gasteiger charge is 1.95. The number of rotatable bonds is 3. The molecule has 2 rings (SSSR count). The van der Waals surface area contributed by atoms with E-state index in [1.54, 1.807) is 7.11 Å². The van der Waals surface area contributed by atoms with Crippen LogP contribution in [0.3, 0.4) is 0 Å². The minimum atomic E-state index is 0.888. The highest BCUT2D eigenvalue weighted by molar-refractivity contribution is 5.80. The van der Waals surface area contributed by atoms with Crippen molar-refractivity contribution in [1.29, 1.82) is 0 Å². The highest BCUT2D eigenvalue weighted by atomic mass is 16.5. The maximum absolute atomic E-state index is 5.14. The molecule has 0 radical (unpaired) electrons. The molecule has 0 atom stereocenters.